The van der Waals surface area contributed by atoms with Crippen molar-refractivity contribution >= 4 is 43.5 Å². The molecule has 1 aromatic heterocycles. The Bertz CT molecular complexity index is 2960. The van der Waals surface area contributed by atoms with E-state index in [9.17, 15) is 2.74 Å². The molecule has 210 valence electrons. The average Bonchev–Trinajstić information content (AvgIpc) is 3.58. The molecule has 0 atom stereocenters. The Morgan fingerprint density at radius 1 is 0.400 bits per heavy atom. The van der Waals surface area contributed by atoms with Gasteiger partial charge in [-0.1, -0.05) is 145 Å². The maximum atomic E-state index is 9.54. The highest BCUT2D eigenvalue weighted by Gasteiger charge is 2.20. The maximum absolute atomic E-state index is 9.54. The molecule has 45 heavy (non-hydrogen) atoms. The third-order valence-electron chi connectivity index (χ3n) is 8.43. The topological polar surface area (TPSA) is 13.1 Å². The molecule has 1 nitrogen and oxygen atoms in total. The molecule has 1 heteroatoms. The van der Waals surface area contributed by atoms with E-state index < -0.39 is 42.3 Å². The van der Waals surface area contributed by atoms with Crippen molar-refractivity contribution in [2.24, 2.45) is 0 Å². The Kier molecular flexibility index (Phi) is 4.15. The summed E-state index contributed by atoms with van der Waals surface area (Å²) in [5.74, 6) is 0. The number of fused-ring (bicyclic) bond motifs is 5. The van der Waals surface area contributed by atoms with Crippen molar-refractivity contribution in [3.8, 4) is 44.5 Å². The minimum atomic E-state index is -0.606. The van der Waals surface area contributed by atoms with Gasteiger partial charge in [-0.3, -0.25) is 0 Å². The first-order chi connectivity index (χ1) is 26.1. The van der Waals surface area contributed by atoms with Crippen LogP contribution in [0.5, 0.6) is 0 Å². The van der Waals surface area contributed by atoms with E-state index >= 15 is 0 Å². The lowest BCUT2D eigenvalue weighted by Gasteiger charge is -2.18. The molecule has 0 saturated carbocycles. The summed E-state index contributed by atoms with van der Waals surface area (Å²) in [7, 11) is 0. The Morgan fingerprint density at radius 2 is 1.04 bits per heavy atom. The summed E-state index contributed by atoms with van der Waals surface area (Å²) in [6, 6.07) is 33.0. The van der Waals surface area contributed by atoms with Crippen molar-refractivity contribution in [3.05, 3.63) is 170 Å². The summed E-state index contributed by atoms with van der Waals surface area (Å²) in [5, 5.41) is 4.90. The van der Waals surface area contributed by atoms with Crippen molar-refractivity contribution in [2.45, 2.75) is 0 Å². The van der Waals surface area contributed by atoms with Crippen molar-refractivity contribution in [3.63, 3.8) is 0 Å². The number of furan rings is 1. The third-order valence-corrected chi connectivity index (χ3v) is 8.43. The van der Waals surface area contributed by atoms with E-state index in [1.54, 1.807) is 0 Å². The fraction of sp³-hybridized carbons (Fsp3) is 0. The van der Waals surface area contributed by atoms with Gasteiger partial charge in [0.25, 0.3) is 0 Å². The summed E-state index contributed by atoms with van der Waals surface area (Å²) in [6.45, 7) is 0. The molecule has 0 N–H and O–H groups in total. The maximum Gasteiger partial charge on any atom is 0.136 e. The van der Waals surface area contributed by atoms with Gasteiger partial charge in [-0.2, -0.15) is 0 Å². The van der Waals surface area contributed by atoms with Gasteiger partial charge in [0.15, 0.2) is 0 Å². The molecule has 0 aliphatic rings. The van der Waals surface area contributed by atoms with E-state index in [1.165, 1.54) is 0 Å². The molecular formula is C44H28O. The number of benzene rings is 8. The van der Waals surface area contributed by atoms with Crippen LogP contribution in [0.2, 0.25) is 0 Å². The monoisotopic (exact) mass is 581 g/mol. The fourth-order valence-corrected chi connectivity index (χ4v) is 6.50. The lowest BCUT2D eigenvalue weighted by molar-refractivity contribution is 0.669. The zero-order chi connectivity index (χ0) is 37.6. The molecule has 0 saturated heterocycles. The van der Waals surface area contributed by atoms with Crippen LogP contribution < -0.4 is 0 Å². The van der Waals surface area contributed by atoms with Crippen LogP contribution >= 0.6 is 0 Å². The molecule has 0 unspecified atom stereocenters. The highest BCUT2D eigenvalue weighted by atomic mass is 16.3. The van der Waals surface area contributed by atoms with Crippen LogP contribution in [-0.2, 0) is 0 Å². The highest BCUT2D eigenvalue weighted by Crippen LogP contribution is 2.47. The molecule has 9 rings (SSSR count). The smallest absolute Gasteiger partial charge is 0.136 e. The van der Waals surface area contributed by atoms with Gasteiger partial charge < -0.3 is 4.42 Å². The van der Waals surface area contributed by atoms with Crippen LogP contribution in [0.1, 0.15) is 12.3 Å². The summed E-state index contributed by atoms with van der Waals surface area (Å²) in [4.78, 5) is 0. The van der Waals surface area contributed by atoms with Crippen molar-refractivity contribution < 1.29 is 16.8 Å². The molecule has 0 fully saturated rings. The SMILES string of the molecule is [2H]c1c([2H])c([2H])c(-c2c([2H])c([2H])c([2H])c(-c3c4ccccc4c(-c4cccc5oc6cc(-c7ccccc7)ccc6c45)c4ccccc34)c2[2H])c([2H])c1[2H]. The van der Waals surface area contributed by atoms with Crippen molar-refractivity contribution in [2.75, 3.05) is 0 Å². The van der Waals surface area contributed by atoms with E-state index in [0.717, 1.165) is 55.0 Å². The van der Waals surface area contributed by atoms with Gasteiger partial charge in [-0.25, -0.2) is 0 Å². The minimum absolute atomic E-state index is 0.0390. The lowest BCUT2D eigenvalue weighted by atomic mass is 9.84. The van der Waals surface area contributed by atoms with E-state index in [2.05, 4.69) is 36.4 Å². The normalized spacial score (nSPS) is 14.4. The fourth-order valence-electron chi connectivity index (χ4n) is 6.50. The lowest BCUT2D eigenvalue weighted by Crippen LogP contribution is -1.91. The Labute approximate surface area is 274 Å². The standard InChI is InChI=1S/C44H28O/c1-3-13-29(14-4-1)31-17-11-18-33(27-31)42-34-19-7-9-21-36(34)43(37-22-10-8-20-35(37)42)39-23-12-24-40-44(39)38-26-25-32(28-41(38)45-40)30-15-5-2-6-16-30/h1-28H/i1D,3D,4D,11D,13D,14D,17D,18D,27D. The quantitative estimate of drug-likeness (QED) is 0.188. The van der Waals surface area contributed by atoms with Gasteiger partial charge in [0.1, 0.15) is 11.2 Å². The second kappa shape index (κ2) is 10.4. The molecule has 0 bridgehead atoms. The van der Waals surface area contributed by atoms with Crippen molar-refractivity contribution in [1.29, 1.82) is 0 Å². The van der Waals surface area contributed by atoms with E-state index in [1.807, 2.05) is 78.9 Å². The Hall–Kier alpha value is -5.92. The molecular weight excluding hydrogens is 544 g/mol. The molecule has 9 aromatic rings. The molecule has 1 heterocycles. The molecule has 0 aliphatic heterocycles. The Morgan fingerprint density at radius 3 is 1.78 bits per heavy atom. The van der Waals surface area contributed by atoms with Crippen LogP contribution in [0, 0.1) is 0 Å². The van der Waals surface area contributed by atoms with E-state index in [4.69, 9.17) is 14.0 Å². The summed E-state index contributed by atoms with van der Waals surface area (Å²) in [6.07, 6.45) is 0. The summed E-state index contributed by atoms with van der Waals surface area (Å²) >= 11 is 0. The van der Waals surface area contributed by atoms with Gasteiger partial charge in [-0.05, 0) is 90.3 Å². The van der Waals surface area contributed by atoms with Crippen LogP contribution in [0.3, 0.4) is 0 Å². The van der Waals surface area contributed by atoms with Crippen LogP contribution in [0.25, 0.3) is 88.0 Å². The van der Waals surface area contributed by atoms with E-state index in [-0.39, 0.29) is 28.8 Å². The number of rotatable bonds is 4. The zero-order valence-corrected chi connectivity index (χ0v) is 23.9. The minimum Gasteiger partial charge on any atom is -0.456 e. The second-order valence-electron chi connectivity index (χ2n) is 10.9. The summed E-state index contributed by atoms with van der Waals surface area (Å²) < 4.78 is 85.0. The predicted octanol–water partition coefficient (Wildman–Crippen LogP) is 12.6. The first-order valence-corrected chi connectivity index (χ1v) is 14.7. The van der Waals surface area contributed by atoms with Gasteiger partial charge in [0.2, 0.25) is 0 Å². The predicted molar refractivity (Wildman–Crippen MR) is 190 cm³/mol. The van der Waals surface area contributed by atoms with Crippen molar-refractivity contribution in [1.82, 2.24) is 0 Å². The highest BCUT2D eigenvalue weighted by molar-refractivity contribution is 6.25. The van der Waals surface area contributed by atoms with Crippen LogP contribution in [0.15, 0.2) is 174 Å². The zero-order valence-electron chi connectivity index (χ0n) is 32.9. The largest absolute Gasteiger partial charge is 0.456 e. The Balaban J connectivity index is 1.38. The van der Waals surface area contributed by atoms with Gasteiger partial charge in [-0.15, -0.1) is 0 Å². The first-order valence-electron chi connectivity index (χ1n) is 19.2. The molecule has 0 radical (unpaired) electrons. The van der Waals surface area contributed by atoms with Crippen LogP contribution in [-0.4, -0.2) is 0 Å². The van der Waals surface area contributed by atoms with Gasteiger partial charge in [0, 0.05) is 10.8 Å². The average molecular weight is 582 g/mol. The van der Waals surface area contributed by atoms with E-state index in [0.29, 0.717) is 16.3 Å². The molecule has 0 aliphatic carbocycles. The second-order valence-corrected chi connectivity index (χ2v) is 10.9. The first kappa shape index (κ1) is 18.0. The third kappa shape index (κ3) is 4.17. The number of hydrogen-bond donors (Lipinski definition) is 0. The van der Waals surface area contributed by atoms with Gasteiger partial charge >= 0.3 is 0 Å². The van der Waals surface area contributed by atoms with Crippen LogP contribution in [0.4, 0.5) is 0 Å². The van der Waals surface area contributed by atoms with Gasteiger partial charge in [0.05, 0.1) is 12.3 Å². The molecule has 0 amide bonds. The number of hydrogen-bond acceptors (Lipinski definition) is 1. The summed E-state index contributed by atoms with van der Waals surface area (Å²) in [5.41, 5.74) is 5.33. The molecule has 8 aromatic carbocycles. The molecule has 0 spiro atoms.